The van der Waals surface area contributed by atoms with E-state index in [2.05, 4.69) is 15.5 Å². The molecule has 0 aliphatic carbocycles. The van der Waals surface area contributed by atoms with Gasteiger partial charge in [0.25, 0.3) is 0 Å². The van der Waals surface area contributed by atoms with Crippen LogP contribution in [0.1, 0.15) is 6.92 Å². The maximum atomic E-state index is 13.2. The first-order chi connectivity index (χ1) is 12.8. The number of hydrogen-bond acceptors (Lipinski definition) is 4. The summed E-state index contributed by atoms with van der Waals surface area (Å²) in [4.78, 5) is 12.3. The van der Waals surface area contributed by atoms with Crippen LogP contribution in [0.2, 0.25) is 0 Å². The van der Waals surface area contributed by atoms with Crippen molar-refractivity contribution in [2.24, 2.45) is 7.05 Å². The highest BCUT2D eigenvalue weighted by molar-refractivity contribution is 8.00. The minimum absolute atomic E-state index is 0.163. The molecule has 1 atom stereocenters. The smallest absolute Gasteiger partial charge is 0.237 e. The molecule has 0 unspecified atom stereocenters. The first kappa shape index (κ1) is 19.0. The van der Waals surface area contributed by atoms with Crippen molar-refractivity contribution >= 4 is 23.4 Å². The van der Waals surface area contributed by atoms with Crippen molar-refractivity contribution in [3.63, 3.8) is 0 Å². The van der Waals surface area contributed by atoms with Crippen molar-refractivity contribution < 1.29 is 18.0 Å². The van der Waals surface area contributed by atoms with Crippen LogP contribution in [0.3, 0.4) is 0 Å². The molecule has 1 heterocycles. The number of carbonyl (C=O) groups is 1. The molecule has 2 aromatic carbocycles. The van der Waals surface area contributed by atoms with Crippen molar-refractivity contribution in [3.8, 4) is 11.4 Å². The number of hydrogen-bond donors (Lipinski definition) is 1. The molecule has 0 aliphatic heterocycles. The maximum Gasteiger partial charge on any atom is 0.237 e. The van der Waals surface area contributed by atoms with Crippen molar-refractivity contribution in [2.45, 2.75) is 17.3 Å². The number of rotatable bonds is 5. The Labute approximate surface area is 157 Å². The molecule has 0 saturated heterocycles. The van der Waals surface area contributed by atoms with Crippen molar-refractivity contribution in [3.05, 3.63) is 59.9 Å². The summed E-state index contributed by atoms with van der Waals surface area (Å²) in [5.41, 5.74) is 0.855. The highest BCUT2D eigenvalue weighted by atomic mass is 32.2. The fraction of sp³-hybridized carbons (Fsp3) is 0.167. The fourth-order valence-corrected chi connectivity index (χ4v) is 3.11. The van der Waals surface area contributed by atoms with Crippen molar-refractivity contribution in [2.75, 3.05) is 5.32 Å². The lowest BCUT2D eigenvalue weighted by Crippen LogP contribution is -2.23. The van der Waals surface area contributed by atoms with Gasteiger partial charge in [-0.1, -0.05) is 11.8 Å². The Bertz CT molecular complexity index is 975. The molecule has 1 aromatic heterocycles. The number of benzene rings is 2. The Hall–Kier alpha value is -2.81. The fourth-order valence-electron chi connectivity index (χ4n) is 2.30. The molecular weight excluding hydrogens is 377 g/mol. The van der Waals surface area contributed by atoms with Gasteiger partial charge in [-0.15, -0.1) is 10.2 Å². The van der Waals surface area contributed by atoms with Gasteiger partial charge in [0.2, 0.25) is 5.91 Å². The molecule has 0 aliphatic rings. The Morgan fingerprint density at radius 1 is 1.07 bits per heavy atom. The molecule has 1 amide bonds. The van der Waals surface area contributed by atoms with E-state index >= 15 is 0 Å². The summed E-state index contributed by atoms with van der Waals surface area (Å²) in [5, 5.41) is 10.6. The Balaban J connectivity index is 1.70. The van der Waals surface area contributed by atoms with Gasteiger partial charge in [0.15, 0.2) is 22.6 Å². The number of anilines is 1. The van der Waals surface area contributed by atoms with Crippen LogP contribution in [0.15, 0.2) is 47.6 Å². The Morgan fingerprint density at radius 2 is 1.78 bits per heavy atom. The molecule has 5 nitrogen and oxygen atoms in total. The summed E-state index contributed by atoms with van der Waals surface area (Å²) in [6, 6.07) is 8.98. The molecule has 27 heavy (non-hydrogen) atoms. The summed E-state index contributed by atoms with van der Waals surface area (Å²) < 4.78 is 41.0. The number of thioether (sulfide) groups is 1. The number of carbonyl (C=O) groups excluding carboxylic acids is 1. The van der Waals surface area contributed by atoms with Gasteiger partial charge in [-0.25, -0.2) is 13.2 Å². The standard InChI is InChI=1S/C18H15F3N4OS/c1-10(17(26)22-13-7-8-14(20)15(21)9-13)27-18-24-23-16(25(18)2)11-3-5-12(19)6-4-11/h3-10H,1-2H3,(H,22,26)/t10-/m0/s1. The van der Waals surface area contributed by atoms with Gasteiger partial charge in [0, 0.05) is 24.4 Å². The average molecular weight is 392 g/mol. The summed E-state index contributed by atoms with van der Waals surface area (Å²) in [5.74, 6) is -2.23. The lowest BCUT2D eigenvalue weighted by Gasteiger charge is -2.12. The minimum Gasteiger partial charge on any atom is -0.325 e. The van der Waals surface area contributed by atoms with E-state index in [1.165, 1.54) is 18.2 Å². The molecule has 0 spiro atoms. The number of nitrogens with one attached hydrogen (secondary N) is 1. The highest BCUT2D eigenvalue weighted by Gasteiger charge is 2.20. The second-order valence-electron chi connectivity index (χ2n) is 5.75. The zero-order chi connectivity index (χ0) is 19.6. The molecule has 1 N–H and O–H groups in total. The molecular formula is C18H15F3N4OS. The van der Waals surface area contributed by atoms with E-state index in [4.69, 9.17) is 0 Å². The number of amides is 1. The molecule has 140 valence electrons. The first-order valence-electron chi connectivity index (χ1n) is 7.93. The van der Waals surface area contributed by atoms with E-state index in [0.717, 1.165) is 23.9 Å². The summed E-state index contributed by atoms with van der Waals surface area (Å²) >= 11 is 1.16. The molecule has 3 aromatic rings. The molecule has 0 bridgehead atoms. The van der Waals surface area contributed by atoms with Crippen LogP contribution in [0.5, 0.6) is 0 Å². The average Bonchev–Trinajstić information content (AvgIpc) is 2.99. The lowest BCUT2D eigenvalue weighted by atomic mass is 10.2. The van der Waals surface area contributed by atoms with E-state index in [0.29, 0.717) is 16.5 Å². The zero-order valence-corrected chi connectivity index (χ0v) is 15.2. The van der Waals surface area contributed by atoms with Crippen LogP contribution in [-0.2, 0) is 11.8 Å². The number of nitrogens with zero attached hydrogens (tertiary/aromatic N) is 3. The molecule has 0 saturated carbocycles. The van der Waals surface area contributed by atoms with Gasteiger partial charge in [-0.2, -0.15) is 0 Å². The summed E-state index contributed by atoms with van der Waals surface area (Å²) in [6.45, 7) is 1.66. The van der Waals surface area contributed by atoms with Gasteiger partial charge in [-0.05, 0) is 43.3 Å². The highest BCUT2D eigenvalue weighted by Crippen LogP contribution is 2.26. The van der Waals surface area contributed by atoms with Crippen LogP contribution in [-0.4, -0.2) is 25.9 Å². The predicted octanol–water partition coefficient (Wildman–Crippen LogP) is 4.02. The van der Waals surface area contributed by atoms with Crippen LogP contribution >= 0.6 is 11.8 Å². The summed E-state index contributed by atoms with van der Waals surface area (Å²) in [6.07, 6.45) is 0. The monoisotopic (exact) mass is 392 g/mol. The number of aromatic nitrogens is 3. The summed E-state index contributed by atoms with van der Waals surface area (Å²) in [7, 11) is 1.74. The maximum absolute atomic E-state index is 13.2. The van der Waals surface area contributed by atoms with Gasteiger partial charge < -0.3 is 9.88 Å². The van der Waals surface area contributed by atoms with Gasteiger partial charge in [-0.3, -0.25) is 4.79 Å². The second kappa shape index (κ2) is 7.83. The van der Waals surface area contributed by atoms with E-state index in [9.17, 15) is 18.0 Å². The largest absolute Gasteiger partial charge is 0.325 e. The van der Waals surface area contributed by atoms with Crippen LogP contribution in [0.25, 0.3) is 11.4 Å². The van der Waals surface area contributed by atoms with Gasteiger partial charge in [0.1, 0.15) is 5.82 Å². The normalized spacial score (nSPS) is 12.0. The SMILES string of the molecule is C[C@H](Sc1nnc(-c2ccc(F)cc2)n1C)C(=O)Nc1ccc(F)c(F)c1. The third-order valence-electron chi connectivity index (χ3n) is 3.78. The lowest BCUT2D eigenvalue weighted by molar-refractivity contribution is -0.115. The quantitative estimate of drug-likeness (QED) is 0.667. The van der Waals surface area contributed by atoms with E-state index in [1.807, 2.05) is 0 Å². The third kappa shape index (κ3) is 4.30. The number of halogens is 3. The van der Waals surface area contributed by atoms with Crippen LogP contribution in [0, 0.1) is 17.5 Å². The predicted molar refractivity (Wildman–Crippen MR) is 96.7 cm³/mol. The van der Waals surface area contributed by atoms with Gasteiger partial charge in [0.05, 0.1) is 5.25 Å². The Kier molecular flexibility index (Phi) is 5.50. The molecule has 9 heteroatoms. The van der Waals surface area contributed by atoms with E-state index in [1.54, 1.807) is 30.7 Å². The van der Waals surface area contributed by atoms with Crippen LogP contribution < -0.4 is 5.32 Å². The van der Waals surface area contributed by atoms with E-state index < -0.39 is 22.8 Å². The molecule has 0 fully saturated rings. The zero-order valence-electron chi connectivity index (χ0n) is 14.4. The molecule has 0 radical (unpaired) electrons. The minimum atomic E-state index is -1.04. The Morgan fingerprint density at radius 3 is 2.44 bits per heavy atom. The van der Waals surface area contributed by atoms with Crippen molar-refractivity contribution in [1.82, 2.24) is 14.8 Å². The second-order valence-corrected chi connectivity index (χ2v) is 7.06. The van der Waals surface area contributed by atoms with E-state index in [-0.39, 0.29) is 11.5 Å². The van der Waals surface area contributed by atoms with Gasteiger partial charge >= 0.3 is 0 Å². The molecule has 3 rings (SSSR count). The third-order valence-corrected chi connectivity index (χ3v) is 4.91. The van der Waals surface area contributed by atoms with Crippen LogP contribution in [0.4, 0.5) is 18.9 Å². The topological polar surface area (TPSA) is 59.8 Å². The van der Waals surface area contributed by atoms with Crippen molar-refractivity contribution in [1.29, 1.82) is 0 Å². The first-order valence-corrected chi connectivity index (χ1v) is 8.81.